The molecule has 2 aromatic carbocycles. The Kier molecular flexibility index (Phi) is 9.42. The van der Waals surface area contributed by atoms with Crippen molar-refractivity contribution in [2.75, 3.05) is 5.43 Å². The van der Waals surface area contributed by atoms with Crippen molar-refractivity contribution in [3.8, 4) is 0 Å². The van der Waals surface area contributed by atoms with Gasteiger partial charge in [0, 0.05) is 11.9 Å². The molecule has 0 saturated heterocycles. The van der Waals surface area contributed by atoms with Crippen LogP contribution in [0.2, 0.25) is 5.28 Å². The minimum absolute atomic E-state index is 0.229. The first kappa shape index (κ1) is 19.9. The van der Waals surface area contributed by atoms with E-state index in [1.54, 1.807) is 0 Å². The summed E-state index contributed by atoms with van der Waals surface area (Å²) in [4.78, 5) is 8.40. The number of hydrogen-bond acceptors (Lipinski definition) is 4. The number of halogens is 1. The molecule has 0 atom stereocenters. The number of fused-ring (bicyclic) bond motifs is 1. The van der Waals surface area contributed by atoms with Crippen molar-refractivity contribution in [2.24, 2.45) is 0 Å². The quantitative estimate of drug-likeness (QED) is 0.488. The largest absolute Gasteiger partial charge is 0.305 e. The van der Waals surface area contributed by atoms with Crippen molar-refractivity contribution < 1.29 is 0 Å². The number of benzene rings is 2. The zero-order chi connectivity index (χ0) is 17.8. The van der Waals surface area contributed by atoms with Crippen LogP contribution in [0.1, 0.15) is 33.3 Å². The molecule has 1 aromatic heterocycles. The highest BCUT2D eigenvalue weighted by Gasteiger charge is 2.05. The maximum atomic E-state index is 5.93. The van der Waals surface area contributed by atoms with Crippen LogP contribution in [0.25, 0.3) is 10.9 Å². The van der Waals surface area contributed by atoms with Gasteiger partial charge in [0.2, 0.25) is 5.28 Å². The van der Waals surface area contributed by atoms with Crippen LogP contribution in [0, 0.1) is 0 Å². The molecule has 1 heterocycles. The molecule has 0 radical (unpaired) electrons. The zero-order valence-electron chi connectivity index (χ0n) is 14.7. The van der Waals surface area contributed by atoms with E-state index in [4.69, 9.17) is 11.6 Å². The topological polar surface area (TPSA) is 49.8 Å². The van der Waals surface area contributed by atoms with Gasteiger partial charge in [-0.15, -0.1) is 0 Å². The lowest BCUT2D eigenvalue weighted by atomic mass is 10.2. The SMILES string of the molecule is CC.CC.Clc1nc(NNCc2ccccc2)c2ccccc2n1. The Bertz CT molecular complexity index is 717. The second-order valence-corrected chi connectivity index (χ2v) is 4.66. The number of nitrogens with zero attached hydrogens (tertiary/aromatic N) is 2. The van der Waals surface area contributed by atoms with Gasteiger partial charge in [0.25, 0.3) is 0 Å². The predicted molar refractivity (Wildman–Crippen MR) is 104 cm³/mol. The Labute approximate surface area is 149 Å². The van der Waals surface area contributed by atoms with Gasteiger partial charge in [0.15, 0.2) is 5.82 Å². The van der Waals surface area contributed by atoms with Gasteiger partial charge in [-0.1, -0.05) is 70.2 Å². The lowest BCUT2D eigenvalue weighted by Crippen LogP contribution is -2.22. The summed E-state index contributed by atoms with van der Waals surface area (Å²) in [6, 6.07) is 17.9. The molecule has 2 N–H and O–H groups in total. The molecule has 0 amide bonds. The van der Waals surface area contributed by atoms with E-state index in [9.17, 15) is 0 Å². The van der Waals surface area contributed by atoms with Crippen molar-refractivity contribution in [2.45, 2.75) is 34.2 Å². The summed E-state index contributed by atoms with van der Waals surface area (Å²) >= 11 is 5.93. The average molecular weight is 345 g/mol. The van der Waals surface area contributed by atoms with Crippen molar-refractivity contribution in [3.05, 3.63) is 65.4 Å². The molecule has 4 nitrogen and oxygen atoms in total. The molecule has 3 aromatic rings. The first-order chi connectivity index (χ1) is 11.8. The van der Waals surface area contributed by atoms with Gasteiger partial charge in [0.1, 0.15) is 0 Å². The number of rotatable bonds is 4. The lowest BCUT2D eigenvalue weighted by Gasteiger charge is -2.10. The summed E-state index contributed by atoms with van der Waals surface area (Å²) in [6.45, 7) is 8.69. The maximum Gasteiger partial charge on any atom is 0.224 e. The van der Waals surface area contributed by atoms with Gasteiger partial charge in [-0.2, -0.15) is 4.98 Å². The smallest absolute Gasteiger partial charge is 0.224 e. The standard InChI is InChI=1S/C15H13ClN4.2C2H6/c16-15-18-13-9-5-4-8-12(13)14(19-15)20-17-10-11-6-2-1-3-7-11;2*1-2/h1-9,17H,10H2,(H,18,19,20);2*1-2H3. The summed E-state index contributed by atoms with van der Waals surface area (Å²) < 4.78 is 0. The minimum atomic E-state index is 0.229. The zero-order valence-corrected chi connectivity index (χ0v) is 15.4. The number of hydrogen-bond donors (Lipinski definition) is 2. The van der Waals surface area contributed by atoms with Gasteiger partial charge in [-0.05, 0) is 29.3 Å². The van der Waals surface area contributed by atoms with Crippen molar-refractivity contribution >= 4 is 28.3 Å². The fourth-order valence-corrected chi connectivity index (χ4v) is 2.14. The highest BCUT2D eigenvalue weighted by Crippen LogP contribution is 2.20. The molecule has 0 fully saturated rings. The van der Waals surface area contributed by atoms with E-state index >= 15 is 0 Å². The average Bonchev–Trinajstić information content (AvgIpc) is 2.66. The molecule has 0 aliphatic carbocycles. The molecule has 0 bridgehead atoms. The van der Waals surface area contributed by atoms with Crippen molar-refractivity contribution in [3.63, 3.8) is 0 Å². The maximum absolute atomic E-state index is 5.93. The Morgan fingerprint density at radius 1 is 0.833 bits per heavy atom. The van der Waals surface area contributed by atoms with E-state index < -0.39 is 0 Å². The Hall–Kier alpha value is -2.17. The van der Waals surface area contributed by atoms with Crippen LogP contribution >= 0.6 is 11.6 Å². The highest BCUT2D eigenvalue weighted by atomic mass is 35.5. The third kappa shape index (κ3) is 5.80. The van der Waals surface area contributed by atoms with E-state index in [-0.39, 0.29) is 5.28 Å². The van der Waals surface area contributed by atoms with Crippen LogP contribution in [0.4, 0.5) is 5.82 Å². The van der Waals surface area contributed by atoms with Crippen LogP contribution in [0.3, 0.4) is 0 Å². The summed E-state index contributed by atoms with van der Waals surface area (Å²) in [5, 5.41) is 1.16. The van der Waals surface area contributed by atoms with Crippen LogP contribution in [-0.2, 0) is 6.54 Å². The number of anilines is 1. The molecular formula is C19H25ClN4. The number of para-hydroxylation sites is 1. The molecule has 0 aliphatic rings. The number of aromatic nitrogens is 2. The second-order valence-electron chi connectivity index (χ2n) is 4.32. The van der Waals surface area contributed by atoms with E-state index in [0.29, 0.717) is 12.4 Å². The monoisotopic (exact) mass is 344 g/mol. The van der Waals surface area contributed by atoms with Gasteiger partial charge < -0.3 is 5.43 Å². The Morgan fingerprint density at radius 3 is 2.17 bits per heavy atom. The molecule has 5 heteroatoms. The molecule has 24 heavy (non-hydrogen) atoms. The van der Waals surface area contributed by atoms with Gasteiger partial charge in [-0.25, -0.2) is 10.4 Å². The van der Waals surface area contributed by atoms with E-state index in [2.05, 4.69) is 33.0 Å². The Balaban J connectivity index is 0.000000671. The summed E-state index contributed by atoms with van der Waals surface area (Å²) in [5.74, 6) is 0.677. The summed E-state index contributed by atoms with van der Waals surface area (Å²) in [6.07, 6.45) is 0. The van der Waals surface area contributed by atoms with Crippen molar-refractivity contribution in [1.29, 1.82) is 0 Å². The highest BCUT2D eigenvalue weighted by molar-refractivity contribution is 6.28. The van der Waals surface area contributed by atoms with Gasteiger partial charge >= 0.3 is 0 Å². The fourth-order valence-electron chi connectivity index (χ4n) is 1.97. The molecule has 0 saturated carbocycles. The second kappa shape index (κ2) is 11.4. The first-order valence-electron chi connectivity index (χ1n) is 8.28. The molecule has 0 aliphatic heterocycles. The first-order valence-corrected chi connectivity index (χ1v) is 8.66. The van der Waals surface area contributed by atoms with Gasteiger partial charge in [-0.3, -0.25) is 0 Å². The molecule has 0 unspecified atom stereocenters. The molecule has 3 rings (SSSR count). The fraction of sp³-hybridized carbons (Fsp3) is 0.263. The van der Waals surface area contributed by atoms with E-state index in [1.165, 1.54) is 5.56 Å². The van der Waals surface area contributed by atoms with E-state index in [1.807, 2.05) is 70.2 Å². The molecule has 128 valence electrons. The Morgan fingerprint density at radius 2 is 1.46 bits per heavy atom. The minimum Gasteiger partial charge on any atom is -0.305 e. The van der Waals surface area contributed by atoms with E-state index in [0.717, 1.165) is 10.9 Å². The van der Waals surface area contributed by atoms with Crippen LogP contribution < -0.4 is 10.9 Å². The molecule has 0 spiro atoms. The third-order valence-corrected chi connectivity index (χ3v) is 3.09. The lowest BCUT2D eigenvalue weighted by molar-refractivity contribution is 0.796. The number of nitrogens with one attached hydrogen (secondary N) is 2. The normalized spacial score (nSPS) is 9.38. The summed E-state index contributed by atoms with van der Waals surface area (Å²) in [7, 11) is 0. The van der Waals surface area contributed by atoms with Crippen molar-refractivity contribution in [1.82, 2.24) is 15.4 Å². The predicted octanol–water partition coefficient (Wildman–Crippen LogP) is 5.45. The number of hydrazine groups is 1. The summed E-state index contributed by atoms with van der Waals surface area (Å²) in [5.41, 5.74) is 8.23. The van der Waals surface area contributed by atoms with Crippen LogP contribution in [-0.4, -0.2) is 9.97 Å². The third-order valence-electron chi connectivity index (χ3n) is 2.92. The van der Waals surface area contributed by atoms with Crippen LogP contribution in [0.15, 0.2) is 54.6 Å². The van der Waals surface area contributed by atoms with Crippen LogP contribution in [0.5, 0.6) is 0 Å². The molecular weight excluding hydrogens is 320 g/mol. The van der Waals surface area contributed by atoms with Gasteiger partial charge in [0.05, 0.1) is 5.52 Å².